The lowest BCUT2D eigenvalue weighted by molar-refractivity contribution is 0.125. The smallest absolute Gasteiger partial charge is 0.192 e. The summed E-state index contributed by atoms with van der Waals surface area (Å²) in [5.74, 6) is 1.76. The van der Waals surface area contributed by atoms with Gasteiger partial charge in [-0.25, -0.2) is 19.2 Å². The second-order valence-corrected chi connectivity index (χ2v) is 7.69. The second-order valence-electron chi connectivity index (χ2n) is 7.69. The van der Waals surface area contributed by atoms with E-state index in [-0.39, 0.29) is 6.61 Å². The minimum absolute atomic E-state index is 0.111. The molecule has 34 heavy (non-hydrogen) atoms. The predicted molar refractivity (Wildman–Crippen MR) is 127 cm³/mol. The second kappa shape index (κ2) is 8.81. The zero-order chi connectivity index (χ0) is 23.7. The monoisotopic (exact) mass is 457 g/mol. The Balaban J connectivity index is 1.37. The molecular weight excluding hydrogens is 434 g/mol. The van der Waals surface area contributed by atoms with E-state index < -0.39 is 0 Å². The van der Waals surface area contributed by atoms with Crippen molar-refractivity contribution in [3.8, 4) is 17.2 Å². The van der Waals surface area contributed by atoms with Crippen LogP contribution < -0.4 is 9.47 Å². The fourth-order valence-electron chi connectivity index (χ4n) is 3.68. The molecule has 0 spiro atoms. The van der Waals surface area contributed by atoms with Crippen LogP contribution in [0.1, 0.15) is 23.9 Å². The van der Waals surface area contributed by atoms with Gasteiger partial charge in [-0.05, 0) is 49.7 Å². The molecule has 5 rings (SSSR count). The summed E-state index contributed by atoms with van der Waals surface area (Å²) < 4.78 is 14.0. The highest BCUT2D eigenvalue weighted by molar-refractivity contribution is 5.98. The third-order valence-electron chi connectivity index (χ3n) is 5.39. The normalized spacial score (nSPS) is 11.8. The van der Waals surface area contributed by atoms with E-state index in [0.29, 0.717) is 34.3 Å². The quantitative estimate of drug-likeness (QED) is 0.271. The summed E-state index contributed by atoms with van der Waals surface area (Å²) >= 11 is 0. The average Bonchev–Trinajstić information content (AvgIpc) is 3.47. The van der Waals surface area contributed by atoms with Crippen LogP contribution in [-0.4, -0.2) is 49.3 Å². The van der Waals surface area contributed by atoms with E-state index in [1.165, 1.54) is 0 Å². The average molecular weight is 457 g/mol. The summed E-state index contributed by atoms with van der Waals surface area (Å²) in [6.07, 6.45) is 3.37. The SMILES string of the molecule is COc1ccc(C(C)=NOCc2nc3c4cnn(-c5cccc(C)c5)c4ncn3n2)cc1OC. The van der Waals surface area contributed by atoms with E-state index in [0.717, 1.165) is 22.2 Å². The predicted octanol–water partition coefficient (Wildman–Crippen LogP) is 3.73. The molecule has 0 N–H and O–H groups in total. The van der Waals surface area contributed by atoms with Crippen molar-refractivity contribution in [1.82, 2.24) is 29.4 Å². The van der Waals surface area contributed by atoms with E-state index in [1.807, 2.05) is 50.2 Å². The van der Waals surface area contributed by atoms with Crippen molar-refractivity contribution in [3.63, 3.8) is 0 Å². The van der Waals surface area contributed by atoms with Crippen molar-refractivity contribution in [1.29, 1.82) is 0 Å². The molecule has 0 unspecified atom stereocenters. The van der Waals surface area contributed by atoms with Gasteiger partial charge in [0, 0.05) is 5.56 Å². The number of nitrogens with zero attached hydrogens (tertiary/aromatic N) is 7. The van der Waals surface area contributed by atoms with Crippen LogP contribution in [0.4, 0.5) is 0 Å². The van der Waals surface area contributed by atoms with Gasteiger partial charge >= 0.3 is 0 Å². The number of hydrogen-bond acceptors (Lipinski definition) is 8. The Morgan fingerprint density at radius 2 is 1.88 bits per heavy atom. The zero-order valence-electron chi connectivity index (χ0n) is 19.3. The number of ether oxygens (including phenoxy) is 2. The highest BCUT2D eigenvalue weighted by Crippen LogP contribution is 2.28. The summed E-state index contributed by atoms with van der Waals surface area (Å²) in [5.41, 5.74) is 5.00. The maximum absolute atomic E-state index is 5.53. The van der Waals surface area contributed by atoms with E-state index in [1.54, 1.807) is 35.9 Å². The molecule has 10 heteroatoms. The molecule has 0 aliphatic rings. The van der Waals surface area contributed by atoms with Crippen LogP contribution in [0, 0.1) is 6.92 Å². The third kappa shape index (κ3) is 3.90. The van der Waals surface area contributed by atoms with Crippen LogP contribution in [0.25, 0.3) is 22.4 Å². The van der Waals surface area contributed by atoms with Crippen LogP contribution >= 0.6 is 0 Å². The maximum atomic E-state index is 5.53. The Labute approximate surface area is 195 Å². The summed E-state index contributed by atoms with van der Waals surface area (Å²) in [6, 6.07) is 13.6. The first kappa shape index (κ1) is 21.4. The molecule has 0 radical (unpaired) electrons. The van der Waals surface area contributed by atoms with Crippen molar-refractivity contribution in [2.75, 3.05) is 14.2 Å². The van der Waals surface area contributed by atoms with Gasteiger partial charge in [-0.1, -0.05) is 17.3 Å². The van der Waals surface area contributed by atoms with Gasteiger partial charge in [0.25, 0.3) is 0 Å². The van der Waals surface area contributed by atoms with Gasteiger partial charge in [0.2, 0.25) is 0 Å². The number of rotatable bonds is 7. The molecule has 10 nitrogen and oxygen atoms in total. The highest BCUT2D eigenvalue weighted by Gasteiger charge is 2.14. The van der Waals surface area contributed by atoms with Gasteiger partial charge in [-0.15, -0.1) is 5.10 Å². The van der Waals surface area contributed by atoms with E-state index >= 15 is 0 Å². The lowest BCUT2D eigenvalue weighted by atomic mass is 10.1. The van der Waals surface area contributed by atoms with Gasteiger partial charge in [0.05, 0.1) is 37.2 Å². The largest absolute Gasteiger partial charge is 0.493 e. The summed E-state index contributed by atoms with van der Waals surface area (Å²) in [4.78, 5) is 14.7. The molecule has 2 aromatic carbocycles. The lowest BCUT2D eigenvalue weighted by Crippen LogP contribution is -2.00. The summed E-state index contributed by atoms with van der Waals surface area (Å²) in [5, 5.41) is 14.0. The molecule has 0 amide bonds. The minimum atomic E-state index is 0.111. The van der Waals surface area contributed by atoms with Crippen LogP contribution in [0.5, 0.6) is 11.5 Å². The Hall–Kier alpha value is -4.47. The van der Waals surface area contributed by atoms with Crippen LogP contribution in [0.15, 0.2) is 60.1 Å². The number of aryl methyl sites for hydroxylation is 1. The van der Waals surface area contributed by atoms with Gasteiger partial charge in [-0.3, -0.25) is 0 Å². The van der Waals surface area contributed by atoms with E-state index in [4.69, 9.17) is 14.3 Å². The molecule has 0 atom stereocenters. The Morgan fingerprint density at radius 3 is 2.68 bits per heavy atom. The first-order valence-corrected chi connectivity index (χ1v) is 10.6. The van der Waals surface area contributed by atoms with Gasteiger partial charge in [0.1, 0.15) is 6.33 Å². The molecule has 172 valence electrons. The number of aromatic nitrogens is 6. The van der Waals surface area contributed by atoms with Crippen molar-refractivity contribution < 1.29 is 14.3 Å². The lowest BCUT2D eigenvalue weighted by Gasteiger charge is -2.09. The molecule has 0 bridgehead atoms. The first-order chi connectivity index (χ1) is 16.6. The minimum Gasteiger partial charge on any atom is -0.493 e. The van der Waals surface area contributed by atoms with Crippen molar-refractivity contribution >= 4 is 22.4 Å². The van der Waals surface area contributed by atoms with Crippen molar-refractivity contribution in [2.45, 2.75) is 20.5 Å². The topological polar surface area (TPSA) is 101 Å². The Kier molecular flexibility index (Phi) is 5.54. The third-order valence-corrected chi connectivity index (χ3v) is 5.39. The number of hydrogen-bond donors (Lipinski definition) is 0. The molecule has 0 saturated heterocycles. The van der Waals surface area contributed by atoms with Crippen LogP contribution in [0.2, 0.25) is 0 Å². The van der Waals surface area contributed by atoms with Crippen LogP contribution in [0.3, 0.4) is 0 Å². The molecule has 0 fully saturated rings. The molecule has 0 aliphatic heterocycles. The number of benzene rings is 2. The molecule has 0 aliphatic carbocycles. The Bertz CT molecular complexity index is 1520. The highest BCUT2D eigenvalue weighted by atomic mass is 16.6. The number of oxime groups is 1. The molecule has 5 aromatic rings. The molecule has 3 heterocycles. The molecular formula is C24H23N7O3. The molecule has 0 saturated carbocycles. The van der Waals surface area contributed by atoms with Gasteiger partial charge in [0.15, 0.2) is 35.2 Å². The van der Waals surface area contributed by atoms with E-state index in [2.05, 4.69) is 31.4 Å². The van der Waals surface area contributed by atoms with Crippen molar-refractivity contribution in [3.05, 3.63) is 71.9 Å². The standard InChI is InChI=1S/C24H23N7O3/c1-15-6-5-7-18(10-15)31-23-19(12-26-31)24-27-22(28-30(24)14-25-23)13-34-29-16(2)17-8-9-20(32-3)21(11-17)33-4/h5-12,14H,13H2,1-4H3. The number of fused-ring (bicyclic) bond motifs is 3. The van der Waals surface area contributed by atoms with Gasteiger partial charge in [-0.2, -0.15) is 5.10 Å². The first-order valence-electron chi connectivity index (χ1n) is 10.6. The maximum Gasteiger partial charge on any atom is 0.192 e. The van der Waals surface area contributed by atoms with Gasteiger partial charge < -0.3 is 14.3 Å². The van der Waals surface area contributed by atoms with Crippen molar-refractivity contribution in [2.24, 2.45) is 5.16 Å². The molecule has 3 aromatic heterocycles. The number of methoxy groups -OCH3 is 2. The fourth-order valence-corrected chi connectivity index (χ4v) is 3.68. The van der Waals surface area contributed by atoms with Crippen LogP contribution in [-0.2, 0) is 11.4 Å². The zero-order valence-corrected chi connectivity index (χ0v) is 19.3. The summed E-state index contributed by atoms with van der Waals surface area (Å²) in [6.45, 7) is 4.01. The Morgan fingerprint density at radius 1 is 1.03 bits per heavy atom. The fraction of sp³-hybridized carbons (Fsp3) is 0.208. The summed E-state index contributed by atoms with van der Waals surface area (Å²) in [7, 11) is 3.19. The van der Waals surface area contributed by atoms with E-state index in [9.17, 15) is 0 Å².